The highest BCUT2D eigenvalue weighted by molar-refractivity contribution is 14.1. The van der Waals surface area contributed by atoms with Gasteiger partial charge in [0.05, 0.1) is 16.9 Å². The number of halogens is 3. The molecule has 0 spiro atoms. The van der Waals surface area contributed by atoms with Crippen molar-refractivity contribution in [3.63, 3.8) is 0 Å². The van der Waals surface area contributed by atoms with Crippen LogP contribution in [0.25, 0.3) is 0 Å². The van der Waals surface area contributed by atoms with E-state index in [0.29, 0.717) is 10.2 Å². The fourth-order valence-electron chi connectivity index (χ4n) is 1.62. The third-order valence-electron chi connectivity index (χ3n) is 2.58. The molecule has 0 atom stereocenters. The van der Waals surface area contributed by atoms with Crippen LogP contribution in [-0.4, -0.2) is 11.0 Å². The second-order valence-electron chi connectivity index (χ2n) is 3.93. The van der Waals surface area contributed by atoms with Gasteiger partial charge in [-0.05, 0) is 68.9 Å². The van der Waals surface area contributed by atoms with Crippen molar-refractivity contribution in [2.45, 2.75) is 0 Å². The fraction of sp³-hybridized carbons (Fsp3) is 0. The lowest BCUT2D eigenvalue weighted by atomic mass is 10.1. The number of nitrogens with two attached hydrogens (primary N) is 1. The molecule has 2 aromatic carbocycles. The van der Waals surface area contributed by atoms with Gasteiger partial charge in [-0.25, -0.2) is 4.39 Å². The highest BCUT2D eigenvalue weighted by Gasteiger charge is 2.17. The first kappa shape index (κ1) is 15.0. The van der Waals surface area contributed by atoms with Crippen LogP contribution in [0, 0.1) is 9.39 Å². The Bertz CT molecular complexity index is 694. The summed E-state index contributed by atoms with van der Waals surface area (Å²) in [6.45, 7) is 0. The van der Waals surface area contributed by atoms with Crippen LogP contribution in [0.3, 0.4) is 0 Å². The highest BCUT2D eigenvalue weighted by Crippen LogP contribution is 2.33. The van der Waals surface area contributed by atoms with E-state index in [-0.39, 0.29) is 11.3 Å². The zero-order valence-electron chi connectivity index (χ0n) is 9.95. The molecule has 7 heteroatoms. The van der Waals surface area contributed by atoms with E-state index < -0.39 is 17.5 Å². The van der Waals surface area contributed by atoms with Crippen LogP contribution in [0.5, 0.6) is 5.75 Å². The first-order valence-electron chi connectivity index (χ1n) is 5.43. The van der Waals surface area contributed by atoms with E-state index in [9.17, 15) is 14.3 Å². The van der Waals surface area contributed by atoms with Crippen molar-refractivity contribution in [1.29, 1.82) is 0 Å². The van der Waals surface area contributed by atoms with Gasteiger partial charge in [-0.1, -0.05) is 0 Å². The summed E-state index contributed by atoms with van der Waals surface area (Å²) < 4.78 is 15.7. The number of carbonyl (C=O) groups excluding carboxylic acids is 1. The van der Waals surface area contributed by atoms with E-state index >= 15 is 0 Å². The maximum absolute atomic E-state index is 14.0. The zero-order valence-corrected chi connectivity index (χ0v) is 13.7. The molecule has 4 nitrogen and oxygen atoms in total. The van der Waals surface area contributed by atoms with Crippen LogP contribution in [0.4, 0.5) is 15.8 Å². The minimum Gasteiger partial charge on any atom is -0.505 e. The van der Waals surface area contributed by atoms with E-state index in [2.05, 4.69) is 43.8 Å². The van der Waals surface area contributed by atoms with Gasteiger partial charge in [-0.3, -0.25) is 4.79 Å². The van der Waals surface area contributed by atoms with E-state index in [1.54, 1.807) is 6.07 Å². The van der Waals surface area contributed by atoms with Crippen molar-refractivity contribution >= 4 is 55.8 Å². The molecule has 0 unspecified atom stereocenters. The van der Waals surface area contributed by atoms with E-state index in [4.69, 9.17) is 5.73 Å². The number of hydrogen-bond acceptors (Lipinski definition) is 3. The quantitative estimate of drug-likeness (QED) is 0.623. The molecule has 0 saturated carbocycles. The number of carbonyl (C=O) groups is 1. The number of anilines is 2. The summed E-state index contributed by atoms with van der Waals surface area (Å²) in [5, 5.41) is 12.2. The van der Waals surface area contributed by atoms with Crippen molar-refractivity contribution in [3.8, 4) is 5.75 Å². The monoisotopic (exact) mass is 450 g/mol. The van der Waals surface area contributed by atoms with Gasteiger partial charge in [0.1, 0.15) is 0 Å². The molecule has 1 amide bonds. The van der Waals surface area contributed by atoms with E-state index in [1.807, 2.05) is 12.1 Å². The Hall–Kier alpha value is -1.35. The van der Waals surface area contributed by atoms with Gasteiger partial charge in [-0.2, -0.15) is 0 Å². The molecular formula is C13H9BrFIN2O2. The molecule has 4 N–H and O–H groups in total. The number of primary amides is 1. The molecule has 0 aliphatic heterocycles. The minimum absolute atomic E-state index is 0.0363. The number of phenolic OH excluding ortho intramolecular Hbond substituents is 1. The number of benzene rings is 2. The fourth-order valence-corrected chi connectivity index (χ4v) is 3.02. The van der Waals surface area contributed by atoms with Crippen LogP contribution in [0.1, 0.15) is 10.4 Å². The summed E-state index contributed by atoms with van der Waals surface area (Å²) in [6.07, 6.45) is 0. The third kappa shape index (κ3) is 3.04. The molecule has 0 aromatic heterocycles. The van der Waals surface area contributed by atoms with Crippen molar-refractivity contribution in [3.05, 3.63) is 49.8 Å². The Morgan fingerprint density at radius 2 is 2.05 bits per heavy atom. The molecule has 2 aromatic rings. The molecule has 0 aliphatic carbocycles. The summed E-state index contributed by atoms with van der Waals surface area (Å²) in [5.41, 5.74) is 5.57. The molecule has 2 rings (SSSR count). The van der Waals surface area contributed by atoms with Gasteiger partial charge in [0.2, 0.25) is 0 Å². The molecule has 0 aliphatic rings. The molecule has 0 radical (unpaired) electrons. The summed E-state index contributed by atoms with van der Waals surface area (Å²) in [7, 11) is 0. The van der Waals surface area contributed by atoms with Gasteiger partial charge in [0.15, 0.2) is 11.6 Å². The molecule has 0 fully saturated rings. The number of aromatic hydroxyl groups is 1. The van der Waals surface area contributed by atoms with Crippen LogP contribution >= 0.6 is 38.5 Å². The summed E-state index contributed by atoms with van der Waals surface area (Å²) in [6, 6.07) is 7.72. The molecule has 104 valence electrons. The van der Waals surface area contributed by atoms with Gasteiger partial charge in [0, 0.05) is 8.04 Å². The number of amides is 1. The molecule has 0 bridgehead atoms. The maximum Gasteiger partial charge on any atom is 0.250 e. The second-order valence-corrected chi connectivity index (χ2v) is 6.03. The van der Waals surface area contributed by atoms with E-state index in [0.717, 1.165) is 9.64 Å². The Morgan fingerprint density at radius 1 is 1.35 bits per heavy atom. The average Bonchev–Trinajstić information content (AvgIpc) is 2.37. The van der Waals surface area contributed by atoms with E-state index in [1.165, 1.54) is 6.07 Å². The zero-order chi connectivity index (χ0) is 14.9. The third-order valence-corrected chi connectivity index (χ3v) is 3.90. The average molecular weight is 451 g/mol. The number of rotatable bonds is 3. The highest BCUT2D eigenvalue weighted by atomic mass is 127. The SMILES string of the molecule is NC(=O)c1ccc(O)c(F)c1Nc1ccc(I)cc1Br. The van der Waals surface area contributed by atoms with Crippen molar-refractivity contribution < 1.29 is 14.3 Å². The number of nitrogens with one attached hydrogen (secondary N) is 1. The maximum atomic E-state index is 14.0. The van der Waals surface area contributed by atoms with Crippen molar-refractivity contribution in [2.75, 3.05) is 5.32 Å². The van der Waals surface area contributed by atoms with Crippen LogP contribution in [-0.2, 0) is 0 Å². The first-order chi connectivity index (χ1) is 9.40. The first-order valence-corrected chi connectivity index (χ1v) is 7.30. The van der Waals surface area contributed by atoms with Gasteiger partial charge >= 0.3 is 0 Å². The Kier molecular flexibility index (Phi) is 4.48. The summed E-state index contributed by atoms with van der Waals surface area (Å²) >= 11 is 5.48. The molecule has 20 heavy (non-hydrogen) atoms. The van der Waals surface area contributed by atoms with Crippen molar-refractivity contribution in [1.82, 2.24) is 0 Å². The number of hydrogen-bond donors (Lipinski definition) is 3. The standard InChI is InChI=1S/C13H9BrFIN2O2/c14-8-5-6(16)1-3-9(8)18-12-7(13(17)20)2-4-10(19)11(12)15/h1-5,18-19H,(H2,17,20). The summed E-state index contributed by atoms with van der Waals surface area (Å²) in [5.74, 6) is -2.26. The van der Waals surface area contributed by atoms with Crippen LogP contribution in [0.2, 0.25) is 0 Å². The minimum atomic E-state index is -0.924. The lowest BCUT2D eigenvalue weighted by molar-refractivity contribution is 0.100. The normalized spacial score (nSPS) is 10.3. The van der Waals surface area contributed by atoms with Gasteiger partial charge in [-0.15, -0.1) is 0 Å². The van der Waals surface area contributed by atoms with Crippen LogP contribution in [0.15, 0.2) is 34.8 Å². The Morgan fingerprint density at radius 3 is 2.65 bits per heavy atom. The van der Waals surface area contributed by atoms with Crippen molar-refractivity contribution in [2.24, 2.45) is 5.73 Å². The van der Waals surface area contributed by atoms with Gasteiger partial charge in [0.25, 0.3) is 5.91 Å². The second kappa shape index (κ2) is 5.96. The topological polar surface area (TPSA) is 75.4 Å². The molecular weight excluding hydrogens is 442 g/mol. The Labute approximate surface area is 136 Å². The lowest BCUT2D eigenvalue weighted by Gasteiger charge is -2.13. The number of phenols is 1. The molecule has 0 saturated heterocycles. The predicted octanol–water partition coefficient (Wildman–Crippen LogP) is 3.74. The summed E-state index contributed by atoms with van der Waals surface area (Å²) in [4.78, 5) is 11.3. The lowest BCUT2D eigenvalue weighted by Crippen LogP contribution is -2.14. The smallest absolute Gasteiger partial charge is 0.250 e. The predicted molar refractivity (Wildman–Crippen MR) is 86.7 cm³/mol. The van der Waals surface area contributed by atoms with Gasteiger partial charge < -0.3 is 16.2 Å². The Balaban J connectivity index is 2.52. The van der Waals surface area contributed by atoms with Crippen LogP contribution < -0.4 is 11.1 Å². The largest absolute Gasteiger partial charge is 0.505 e. The molecule has 0 heterocycles.